The molecule has 0 aliphatic carbocycles. The molecule has 2 rings (SSSR count). The standard InChI is InChI=1S/C16H20N2/c1-12-7-9-15(10-8-12)13(2)18-14(3)16-6-4-5-11-17-16/h4-11,13-14,18H,1-3H3/t13?,14-/m1/s1. The molecule has 0 spiro atoms. The fraction of sp³-hybridized carbons (Fsp3) is 0.312. The van der Waals surface area contributed by atoms with Crippen molar-refractivity contribution in [1.82, 2.24) is 10.3 Å². The van der Waals surface area contributed by atoms with Crippen molar-refractivity contribution in [3.05, 3.63) is 65.5 Å². The fourth-order valence-electron chi connectivity index (χ4n) is 2.04. The first-order chi connectivity index (χ1) is 8.66. The zero-order valence-electron chi connectivity index (χ0n) is 11.2. The van der Waals surface area contributed by atoms with E-state index in [2.05, 4.69) is 61.4 Å². The maximum Gasteiger partial charge on any atom is 0.0570 e. The Labute approximate surface area is 109 Å². The van der Waals surface area contributed by atoms with E-state index in [1.165, 1.54) is 11.1 Å². The molecule has 2 aromatic rings. The number of pyridine rings is 1. The molecular formula is C16H20N2. The van der Waals surface area contributed by atoms with Crippen molar-refractivity contribution in [3.63, 3.8) is 0 Å². The van der Waals surface area contributed by atoms with E-state index in [-0.39, 0.29) is 6.04 Å². The van der Waals surface area contributed by atoms with Gasteiger partial charge in [0.25, 0.3) is 0 Å². The average molecular weight is 240 g/mol. The number of aryl methyl sites for hydroxylation is 1. The average Bonchev–Trinajstić information content (AvgIpc) is 2.40. The Morgan fingerprint density at radius 3 is 2.28 bits per heavy atom. The molecule has 1 aromatic carbocycles. The molecule has 0 amide bonds. The van der Waals surface area contributed by atoms with E-state index in [9.17, 15) is 0 Å². The third-order valence-electron chi connectivity index (χ3n) is 3.21. The molecule has 1 heterocycles. The van der Waals surface area contributed by atoms with Crippen molar-refractivity contribution < 1.29 is 0 Å². The van der Waals surface area contributed by atoms with E-state index in [1.54, 1.807) is 0 Å². The number of hydrogen-bond donors (Lipinski definition) is 1. The SMILES string of the molecule is Cc1ccc(C(C)N[C@H](C)c2ccccn2)cc1. The van der Waals surface area contributed by atoms with Crippen molar-refractivity contribution >= 4 is 0 Å². The van der Waals surface area contributed by atoms with Crippen LogP contribution in [0.1, 0.15) is 42.8 Å². The van der Waals surface area contributed by atoms with Gasteiger partial charge < -0.3 is 5.32 Å². The van der Waals surface area contributed by atoms with Gasteiger partial charge in [0.15, 0.2) is 0 Å². The van der Waals surface area contributed by atoms with Gasteiger partial charge in [-0.25, -0.2) is 0 Å². The molecule has 94 valence electrons. The first kappa shape index (κ1) is 12.8. The zero-order chi connectivity index (χ0) is 13.0. The number of hydrogen-bond acceptors (Lipinski definition) is 2. The Morgan fingerprint density at radius 2 is 1.67 bits per heavy atom. The number of nitrogens with zero attached hydrogens (tertiary/aromatic N) is 1. The van der Waals surface area contributed by atoms with Crippen LogP contribution < -0.4 is 5.32 Å². The fourth-order valence-corrected chi connectivity index (χ4v) is 2.04. The largest absolute Gasteiger partial charge is 0.302 e. The topological polar surface area (TPSA) is 24.9 Å². The third-order valence-corrected chi connectivity index (χ3v) is 3.21. The number of nitrogens with one attached hydrogen (secondary N) is 1. The predicted molar refractivity (Wildman–Crippen MR) is 75.4 cm³/mol. The molecule has 0 fully saturated rings. The Balaban J connectivity index is 2.03. The van der Waals surface area contributed by atoms with Gasteiger partial charge in [0.2, 0.25) is 0 Å². The van der Waals surface area contributed by atoms with Crippen LogP contribution in [0, 0.1) is 6.92 Å². The number of rotatable bonds is 4. The molecule has 0 aliphatic rings. The molecule has 1 N–H and O–H groups in total. The maximum atomic E-state index is 4.38. The van der Waals surface area contributed by atoms with Gasteiger partial charge in [-0.3, -0.25) is 4.98 Å². The van der Waals surface area contributed by atoms with Crippen LogP contribution in [0.15, 0.2) is 48.7 Å². The van der Waals surface area contributed by atoms with Crippen molar-refractivity contribution in [2.45, 2.75) is 32.9 Å². The van der Waals surface area contributed by atoms with Crippen molar-refractivity contribution in [3.8, 4) is 0 Å². The molecule has 2 nitrogen and oxygen atoms in total. The Hall–Kier alpha value is -1.67. The van der Waals surface area contributed by atoms with Gasteiger partial charge in [0, 0.05) is 18.3 Å². The summed E-state index contributed by atoms with van der Waals surface area (Å²) in [6.07, 6.45) is 1.84. The second kappa shape index (κ2) is 5.78. The molecule has 0 aliphatic heterocycles. The van der Waals surface area contributed by atoms with Crippen LogP contribution in [0.3, 0.4) is 0 Å². The van der Waals surface area contributed by atoms with E-state index in [4.69, 9.17) is 0 Å². The van der Waals surface area contributed by atoms with Crippen LogP contribution in [0.2, 0.25) is 0 Å². The molecule has 1 aromatic heterocycles. The number of benzene rings is 1. The summed E-state index contributed by atoms with van der Waals surface area (Å²) in [5, 5.41) is 3.57. The summed E-state index contributed by atoms with van der Waals surface area (Å²) in [5.74, 6) is 0. The van der Waals surface area contributed by atoms with Crippen LogP contribution in [0.25, 0.3) is 0 Å². The second-order valence-corrected chi connectivity index (χ2v) is 4.78. The molecule has 0 saturated carbocycles. The molecule has 0 bridgehead atoms. The summed E-state index contributed by atoms with van der Waals surface area (Å²) >= 11 is 0. The van der Waals surface area contributed by atoms with E-state index >= 15 is 0 Å². The minimum Gasteiger partial charge on any atom is -0.302 e. The first-order valence-electron chi connectivity index (χ1n) is 6.40. The Bertz CT molecular complexity index is 476. The van der Waals surface area contributed by atoms with Crippen molar-refractivity contribution in [2.75, 3.05) is 0 Å². The van der Waals surface area contributed by atoms with Gasteiger partial charge in [-0.05, 0) is 38.5 Å². The Kier molecular flexibility index (Phi) is 4.11. The summed E-state index contributed by atoms with van der Waals surface area (Å²) in [4.78, 5) is 4.38. The highest BCUT2D eigenvalue weighted by atomic mass is 15.0. The summed E-state index contributed by atoms with van der Waals surface area (Å²) in [6, 6.07) is 15.3. The highest BCUT2D eigenvalue weighted by molar-refractivity contribution is 5.24. The molecule has 2 atom stereocenters. The maximum absolute atomic E-state index is 4.38. The minimum absolute atomic E-state index is 0.252. The zero-order valence-corrected chi connectivity index (χ0v) is 11.2. The highest BCUT2D eigenvalue weighted by Crippen LogP contribution is 2.18. The van der Waals surface area contributed by atoms with E-state index < -0.39 is 0 Å². The van der Waals surface area contributed by atoms with Gasteiger partial charge >= 0.3 is 0 Å². The van der Waals surface area contributed by atoms with Crippen LogP contribution in [0.5, 0.6) is 0 Å². The molecule has 1 unspecified atom stereocenters. The first-order valence-corrected chi connectivity index (χ1v) is 6.40. The van der Waals surface area contributed by atoms with Crippen LogP contribution >= 0.6 is 0 Å². The van der Waals surface area contributed by atoms with Gasteiger partial charge in [-0.15, -0.1) is 0 Å². The molecular weight excluding hydrogens is 220 g/mol. The normalized spacial score (nSPS) is 14.2. The third kappa shape index (κ3) is 3.17. The minimum atomic E-state index is 0.252. The van der Waals surface area contributed by atoms with Gasteiger partial charge in [-0.1, -0.05) is 35.9 Å². The highest BCUT2D eigenvalue weighted by Gasteiger charge is 2.11. The lowest BCUT2D eigenvalue weighted by molar-refractivity contribution is 0.486. The van der Waals surface area contributed by atoms with Crippen LogP contribution in [-0.2, 0) is 0 Å². The molecule has 0 saturated heterocycles. The quantitative estimate of drug-likeness (QED) is 0.879. The van der Waals surface area contributed by atoms with E-state index in [0.29, 0.717) is 6.04 Å². The van der Waals surface area contributed by atoms with Gasteiger partial charge in [0.05, 0.1) is 5.69 Å². The lowest BCUT2D eigenvalue weighted by Gasteiger charge is -2.20. The summed E-state index contributed by atoms with van der Waals surface area (Å²) < 4.78 is 0. The Morgan fingerprint density at radius 1 is 0.944 bits per heavy atom. The van der Waals surface area contributed by atoms with Crippen molar-refractivity contribution in [2.24, 2.45) is 0 Å². The lowest BCUT2D eigenvalue weighted by atomic mass is 10.1. The number of aromatic nitrogens is 1. The predicted octanol–water partition coefficient (Wildman–Crippen LogP) is 3.80. The lowest BCUT2D eigenvalue weighted by Crippen LogP contribution is -2.23. The second-order valence-electron chi connectivity index (χ2n) is 4.78. The van der Waals surface area contributed by atoms with E-state index in [0.717, 1.165) is 5.69 Å². The van der Waals surface area contributed by atoms with Crippen LogP contribution in [-0.4, -0.2) is 4.98 Å². The summed E-state index contributed by atoms with van der Waals surface area (Å²) in [5.41, 5.74) is 3.68. The van der Waals surface area contributed by atoms with Crippen LogP contribution in [0.4, 0.5) is 0 Å². The smallest absolute Gasteiger partial charge is 0.0570 e. The molecule has 0 radical (unpaired) electrons. The van der Waals surface area contributed by atoms with Gasteiger partial charge in [-0.2, -0.15) is 0 Å². The monoisotopic (exact) mass is 240 g/mol. The molecule has 18 heavy (non-hydrogen) atoms. The molecule has 2 heteroatoms. The van der Waals surface area contributed by atoms with E-state index in [1.807, 2.05) is 18.3 Å². The van der Waals surface area contributed by atoms with Gasteiger partial charge in [0.1, 0.15) is 0 Å². The summed E-state index contributed by atoms with van der Waals surface area (Å²) in [6.45, 7) is 6.44. The summed E-state index contributed by atoms with van der Waals surface area (Å²) in [7, 11) is 0. The van der Waals surface area contributed by atoms with Crippen molar-refractivity contribution in [1.29, 1.82) is 0 Å².